The van der Waals surface area contributed by atoms with Gasteiger partial charge in [0, 0.05) is 16.8 Å². The first-order chi connectivity index (χ1) is 2.00. The molecule has 0 aromatic heterocycles. The van der Waals surface area contributed by atoms with Gasteiger partial charge in [-0.15, -0.1) is 0 Å². The summed E-state index contributed by atoms with van der Waals surface area (Å²) in [6.07, 6.45) is 0. The Hall–Kier alpha value is 1.26. The van der Waals surface area contributed by atoms with E-state index in [1.54, 1.807) is 0 Å². The van der Waals surface area contributed by atoms with Gasteiger partial charge >= 0.3 is 41.9 Å². The third kappa shape index (κ3) is 35.1. The van der Waals surface area contributed by atoms with Crippen molar-refractivity contribution in [1.82, 2.24) is 0 Å². The Morgan fingerprint density at radius 1 is 1.20 bits per heavy atom. The van der Waals surface area contributed by atoms with Crippen LogP contribution in [0.1, 0.15) is 0 Å². The van der Waals surface area contributed by atoms with Crippen LogP contribution in [0.5, 0.6) is 0 Å². The zero-order valence-corrected chi connectivity index (χ0v) is 7.99. The van der Waals surface area contributed by atoms with Crippen molar-refractivity contribution in [3.8, 4) is 0 Å². The Morgan fingerprint density at radius 3 is 1.20 bits per heavy atom. The molecule has 0 atom stereocenters. The molecule has 5 heavy (non-hydrogen) atoms. The average Bonchev–Trinajstić information content (AvgIpc) is 1.50. The maximum atomic E-state index is 8.38. The molecule has 1 radical (unpaired) electrons. The fourth-order valence-corrected chi connectivity index (χ4v) is 0. The summed E-state index contributed by atoms with van der Waals surface area (Å²) in [4.78, 5) is 0. The molecular weight excluding hydrogens is 183 g/mol. The minimum absolute atomic E-state index is 0. The number of hydrogen-bond acceptors (Lipinski definition) is 2. The summed E-state index contributed by atoms with van der Waals surface area (Å²) in [5, 5.41) is 0. The second-order valence-electron chi connectivity index (χ2n) is 0. The van der Waals surface area contributed by atoms with E-state index >= 15 is 0 Å². The molecule has 0 aromatic rings. The summed E-state index contributed by atoms with van der Waals surface area (Å²) in [6.45, 7) is 0. The van der Waals surface area contributed by atoms with Crippen molar-refractivity contribution in [3.05, 3.63) is 0 Å². The maximum absolute atomic E-state index is 8.38. The van der Waals surface area contributed by atoms with Gasteiger partial charge in [-0.1, -0.05) is 0 Å². The van der Waals surface area contributed by atoms with Crippen molar-refractivity contribution in [2.75, 3.05) is 0 Å². The fraction of sp³-hybridized carbons (Fsp3) is 0. The molecule has 0 aliphatic rings. The van der Waals surface area contributed by atoms with E-state index < -0.39 is 0 Å². The van der Waals surface area contributed by atoms with Crippen molar-refractivity contribution >= 4 is 16.2 Å². The molecule has 2 nitrogen and oxygen atoms in total. The molecule has 0 aromatic carbocycles. The summed E-state index contributed by atoms with van der Waals surface area (Å²) < 4.78 is 16.7. The third-order valence-electron chi connectivity index (χ3n) is 0. The standard InChI is InChI=1S/Al.Co.2O.Zn.H. The third-order valence-corrected chi connectivity index (χ3v) is 0. The second kappa shape index (κ2) is 60.0. The molecule has 0 aliphatic carbocycles. The van der Waals surface area contributed by atoms with E-state index in [1.807, 2.05) is 0 Å². The molecule has 0 rings (SSSR count). The molecule has 0 heterocycles. The zero-order chi connectivity index (χ0) is 4.00. The monoisotopic (exact) mass is 183 g/mol. The van der Waals surface area contributed by atoms with Gasteiger partial charge in [-0.2, -0.15) is 0 Å². The van der Waals surface area contributed by atoms with Crippen LogP contribution < -0.4 is 0 Å². The van der Waals surface area contributed by atoms with Crippen molar-refractivity contribution in [2.45, 2.75) is 0 Å². The van der Waals surface area contributed by atoms with Gasteiger partial charge in [0.1, 0.15) is 0 Å². The van der Waals surface area contributed by atoms with Gasteiger partial charge in [0.05, 0.1) is 0 Å². The summed E-state index contributed by atoms with van der Waals surface area (Å²) >= 11 is 0.736. The first-order valence-corrected chi connectivity index (χ1v) is 2.37. The van der Waals surface area contributed by atoms with Crippen LogP contribution >= 0.6 is 0 Å². The van der Waals surface area contributed by atoms with Gasteiger partial charge in [0.15, 0.2) is 0 Å². The molecule has 0 fully saturated rings. The second-order valence-corrected chi connectivity index (χ2v) is 0. The Kier molecular flexibility index (Phi) is 196. The van der Waals surface area contributed by atoms with Gasteiger partial charge in [-0.05, 0) is 0 Å². The van der Waals surface area contributed by atoms with Gasteiger partial charge in [0.2, 0.25) is 0 Å². The average molecular weight is 184 g/mol. The van der Waals surface area contributed by atoms with E-state index in [9.17, 15) is 0 Å². The Balaban J connectivity index is -0.0000000133. The molecule has 0 spiro atoms. The molecule has 0 bridgehead atoms. The van der Waals surface area contributed by atoms with E-state index in [0.29, 0.717) is 16.2 Å². The van der Waals surface area contributed by atoms with Crippen LogP contribution in [0.25, 0.3) is 0 Å². The number of hydrogen-bond donors (Lipinski definition) is 0. The van der Waals surface area contributed by atoms with E-state index in [0.717, 1.165) is 0 Å². The molecule has 0 saturated heterocycles. The van der Waals surface area contributed by atoms with Crippen LogP contribution in [0.2, 0.25) is 0 Å². The van der Waals surface area contributed by atoms with Gasteiger partial charge in [0.25, 0.3) is 0 Å². The van der Waals surface area contributed by atoms with Gasteiger partial charge < -0.3 is 0 Å². The SMILES string of the molecule is [Co].[O]=[AlH].[O]=[Zn]. The Labute approximate surface area is 58.5 Å². The molecule has 0 N–H and O–H groups in total. The molecule has 0 saturated carbocycles. The topological polar surface area (TPSA) is 34.1 Å². The summed E-state index contributed by atoms with van der Waals surface area (Å²) in [6, 6.07) is 0. The number of rotatable bonds is 0. The van der Waals surface area contributed by atoms with Crippen molar-refractivity contribution < 1.29 is 42.4 Å². The van der Waals surface area contributed by atoms with E-state index in [1.165, 1.54) is 0 Å². The van der Waals surface area contributed by atoms with Crippen LogP contribution in [0.4, 0.5) is 0 Å². The Morgan fingerprint density at radius 2 is 1.20 bits per heavy atom. The first-order valence-electron chi connectivity index (χ1n) is 0.577. The van der Waals surface area contributed by atoms with Gasteiger partial charge in [-0.3, -0.25) is 0 Å². The van der Waals surface area contributed by atoms with Crippen molar-refractivity contribution in [1.29, 1.82) is 0 Å². The molecule has 27 valence electrons. The van der Waals surface area contributed by atoms with Crippen molar-refractivity contribution in [2.24, 2.45) is 0 Å². The first kappa shape index (κ1) is 16.3. The summed E-state index contributed by atoms with van der Waals surface area (Å²) in [7, 11) is 0. The van der Waals surface area contributed by atoms with Crippen LogP contribution in [0.3, 0.4) is 0 Å². The van der Waals surface area contributed by atoms with E-state index in [-0.39, 0.29) is 35.0 Å². The normalized spacial score (nSPS) is 1.80. The molecule has 0 unspecified atom stereocenters. The fourth-order valence-electron chi connectivity index (χ4n) is 0. The molecular formula is HAlCoO2Zn. The Bertz CT molecular complexity index is 11.6. The van der Waals surface area contributed by atoms with Crippen LogP contribution in [0, 0.1) is 0 Å². The van der Waals surface area contributed by atoms with E-state index in [2.05, 4.69) is 0 Å². The predicted octanol–water partition coefficient (Wildman–Crippen LogP) is -0.891. The predicted molar refractivity (Wildman–Crippen MR) is 8.52 cm³/mol. The summed E-state index contributed by atoms with van der Waals surface area (Å²) in [5.41, 5.74) is 0. The quantitative estimate of drug-likeness (QED) is 0.458. The van der Waals surface area contributed by atoms with Crippen LogP contribution in [-0.2, 0) is 42.4 Å². The van der Waals surface area contributed by atoms with Crippen molar-refractivity contribution in [3.63, 3.8) is 0 Å². The zero-order valence-electron chi connectivity index (χ0n) is 2.56. The van der Waals surface area contributed by atoms with Gasteiger partial charge in [-0.25, -0.2) is 0 Å². The van der Waals surface area contributed by atoms with Crippen LogP contribution in [-0.4, -0.2) is 16.2 Å². The summed E-state index contributed by atoms with van der Waals surface area (Å²) in [5.74, 6) is 0. The van der Waals surface area contributed by atoms with E-state index in [4.69, 9.17) is 7.38 Å². The van der Waals surface area contributed by atoms with Crippen LogP contribution in [0.15, 0.2) is 0 Å². The molecule has 0 aliphatic heterocycles. The molecule has 5 heteroatoms. The molecule has 0 amide bonds. The minimum atomic E-state index is 0.